The van der Waals surface area contributed by atoms with E-state index in [1.54, 1.807) is 24.3 Å². The second-order valence-electron chi connectivity index (χ2n) is 9.30. The Morgan fingerprint density at radius 2 is 1.40 bits per heavy atom. The van der Waals surface area contributed by atoms with E-state index in [0.29, 0.717) is 24.5 Å². The van der Waals surface area contributed by atoms with Crippen molar-refractivity contribution in [3.63, 3.8) is 0 Å². The summed E-state index contributed by atoms with van der Waals surface area (Å²) in [6, 6.07) is 20.5. The van der Waals surface area contributed by atoms with Gasteiger partial charge in [-0.2, -0.15) is 0 Å². The Morgan fingerprint density at radius 1 is 0.829 bits per heavy atom. The van der Waals surface area contributed by atoms with Crippen LogP contribution in [-0.4, -0.2) is 13.1 Å². The number of nitrogens with one attached hydrogen (secondary N) is 1. The maximum absolute atomic E-state index is 13.7. The second kappa shape index (κ2) is 9.45. The summed E-state index contributed by atoms with van der Waals surface area (Å²) in [6.45, 7) is 3.22. The molecule has 0 radical (unpaired) electrons. The van der Waals surface area contributed by atoms with E-state index in [1.165, 1.54) is 24.3 Å². The average molecular weight is 473 g/mol. The van der Waals surface area contributed by atoms with Crippen LogP contribution in [0.5, 0.6) is 0 Å². The van der Waals surface area contributed by atoms with Crippen LogP contribution >= 0.6 is 0 Å². The van der Waals surface area contributed by atoms with E-state index in [2.05, 4.69) is 5.32 Å². The van der Waals surface area contributed by atoms with Gasteiger partial charge in [-0.05, 0) is 73.2 Å². The van der Waals surface area contributed by atoms with Gasteiger partial charge in [0.1, 0.15) is 23.0 Å². The van der Waals surface area contributed by atoms with Crippen LogP contribution in [0.1, 0.15) is 35.4 Å². The highest BCUT2D eigenvalue weighted by molar-refractivity contribution is 5.79. The summed E-state index contributed by atoms with van der Waals surface area (Å²) >= 11 is 0. The van der Waals surface area contributed by atoms with Gasteiger partial charge in [0.25, 0.3) is 10.9 Å². The highest BCUT2D eigenvalue weighted by Crippen LogP contribution is 2.39. The highest BCUT2D eigenvalue weighted by Gasteiger charge is 2.34. The van der Waals surface area contributed by atoms with Crippen molar-refractivity contribution in [3.05, 3.63) is 122 Å². The molecule has 1 aliphatic rings. The Morgan fingerprint density at radius 3 is 1.97 bits per heavy atom. The third-order valence-electron chi connectivity index (χ3n) is 6.91. The van der Waals surface area contributed by atoms with E-state index in [1.807, 2.05) is 36.1 Å². The number of nitrogens with zero attached hydrogens (tertiary/aromatic N) is 1. The van der Waals surface area contributed by atoms with Crippen LogP contribution in [-0.2, 0) is 0 Å². The van der Waals surface area contributed by atoms with Gasteiger partial charge in [0.05, 0.1) is 0 Å². The van der Waals surface area contributed by atoms with Gasteiger partial charge in [0.2, 0.25) is 0 Å². The molecule has 0 bridgehead atoms. The lowest BCUT2D eigenvalue weighted by Gasteiger charge is -2.39. The zero-order chi connectivity index (χ0) is 24.5. The molecule has 178 valence electrons. The van der Waals surface area contributed by atoms with Crippen molar-refractivity contribution < 1.29 is 8.78 Å². The molecule has 1 heterocycles. The van der Waals surface area contributed by atoms with Gasteiger partial charge in [-0.15, -0.1) is 0 Å². The van der Waals surface area contributed by atoms with E-state index in [0.717, 1.165) is 35.2 Å². The van der Waals surface area contributed by atoms with Crippen LogP contribution in [0.25, 0.3) is 0 Å². The Bertz CT molecular complexity index is 1340. The summed E-state index contributed by atoms with van der Waals surface area (Å²) in [5.41, 5.74) is 3.52. The molecule has 1 fully saturated rings. The van der Waals surface area contributed by atoms with Crippen LogP contribution < -0.4 is 21.1 Å². The normalized spacial score (nSPS) is 16.1. The predicted octanol–water partition coefficient (Wildman–Crippen LogP) is 5.66. The molecule has 4 aromatic carbocycles. The minimum absolute atomic E-state index is 0.0938. The van der Waals surface area contributed by atoms with Crippen LogP contribution in [0.15, 0.2) is 82.4 Å². The van der Waals surface area contributed by atoms with Gasteiger partial charge in [-0.1, -0.05) is 42.0 Å². The molecule has 0 spiro atoms. The molecular weight excluding hydrogens is 446 g/mol. The SMILES string of the molecule is Cc1ccc(Nc2c(N3CCCC(C(c4ccc(F)cc4)c4ccc(F)cc4)C3)c(=O)c2=O)cc1. The fraction of sp³-hybridized carbons (Fsp3) is 0.241. The molecule has 6 heteroatoms. The van der Waals surface area contributed by atoms with E-state index in [9.17, 15) is 18.4 Å². The first-order valence-electron chi connectivity index (χ1n) is 11.8. The van der Waals surface area contributed by atoms with Crippen LogP contribution in [0.3, 0.4) is 0 Å². The number of hydrogen-bond donors (Lipinski definition) is 1. The smallest absolute Gasteiger partial charge is 0.253 e. The van der Waals surface area contributed by atoms with E-state index in [4.69, 9.17) is 0 Å². The fourth-order valence-electron chi connectivity index (χ4n) is 5.14. The molecule has 0 amide bonds. The minimum Gasteiger partial charge on any atom is -0.366 e. The molecule has 0 aliphatic carbocycles. The van der Waals surface area contributed by atoms with Crippen molar-refractivity contribution in [2.75, 3.05) is 23.3 Å². The first kappa shape index (κ1) is 23.0. The summed E-state index contributed by atoms with van der Waals surface area (Å²) < 4.78 is 27.3. The fourth-order valence-corrected chi connectivity index (χ4v) is 5.14. The maximum atomic E-state index is 13.7. The molecule has 1 unspecified atom stereocenters. The standard InChI is InChI=1S/C29H26F2N2O2/c1-18-4-14-24(15-5-18)32-26-27(29(35)28(26)34)33-16-2-3-21(17-33)25(19-6-10-22(30)11-7-19)20-8-12-23(31)13-9-20/h4-15,21,25,32H,2-3,16-17H2,1H3. The van der Waals surface area contributed by atoms with Crippen LogP contribution in [0.4, 0.5) is 25.8 Å². The molecule has 1 atom stereocenters. The maximum Gasteiger partial charge on any atom is 0.253 e. The van der Waals surface area contributed by atoms with Gasteiger partial charge in [0.15, 0.2) is 0 Å². The van der Waals surface area contributed by atoms with E-state index in [-0.39, 0.29) is 23.5 Å². The van der Waals surface area contributed by atoms with Crippen molar-refractivity contribution in [3.8, 4) is 0 Å². The lowest BCUT2D eigenvalue weighted by Crippen LogP contribution is -2.47. The summed E-state index contributed by atoms with van der Waals surface area (Å²) in [7, 11) is 0. The quantitative estimate of drug-likeness (QED) is 0.368. The number of piperidine rings is 1. The largest absolute Gasteiger partial charge is 0.366 e. The van der Waals surface area contributed by atoms with Gasteiger partial charge < -0.3 is 10.2 Å². The summed E-state index contributed by atoms with van der Waals surface area (Å²) in [5, 5.41) is 3.14. The monoisotopic (exact) mass is 472 g/mol. The molecule has 1 aliphatic heterocycles. The van der Waals surface area contributed by atoms with Crippen molar-refractivity contribution in [1.82, 2.24) is 0 Å². The minimum atomic E-state index is -0.503. The number of benzene rings is 3. The highest BCUT2D eigenvalue weighted by atomic mass is 19.1. The average Bonchev–Trinajstić information content (AvgIpc) is 2.87. The molecule has 1 saturated heterocycles. The predicted molar refractivity (Wildman–Crippen MR) is 135 cm³/mol. The molecule has 0 saturated carbocycles. The molecule has 35 heavy (non-hydrogen) atoms. The van der Waals surface area contributed by atoms with Gasteiger partial charge in [0, 0.05) is 24.7 Å². The Hall–Kier alpha value is -3.80. The molecule has 4 nitrogen and oxygen atoms in total. The topological polar surface area (TPSA) is 49.4 Å². The van der Waals surface area contributed by atoms with E-state index >= 15 is 0 Å². The third-order valence-corrected chi connectivity index (χ3v) is 6.91. The zero-order valence-corrected chi connectivity index (χ0v) is 19.4. The van der Waals surface area contributed by atoms with Crippen LogP contribution in [0.2, 0.25) is 0 Å². The molecule has 4 aromatic rings. The Labute approximate surface area is 202 Å². The van der Waals surface area contributed by atoms with Crippen LogP contribution in [0, 0.1) is 24.5 Å². The lowest BCUT2D eigenvalue weighted by molar-refractivity contribution is 0.377. The number of rotatable bonds is 6. The molecule has 5 rings (SSSR count). The lowest BCUT2D eigenvalue weighted by atomic mass is 9.76. The van der Waals surface area contributed by atoms with Gasteiger partial charge in [-0.3, -0.25) is 9.59 Å². The Kier molecular flexibility index (Phi) is 6.20. The number of halogens is 2. The van der Waals surface area contributed by atoms with E-state index < -0.39 is 10.9 Å². The summed E-state index contributed by atoms with van der Waals surface area (Å²) in [6.07, 6.45) is 1.73. The van der Waals surface area contributed by atoms with Crippen molar-refractivity contribution in [1.29, 1.82) is 0 Å². The molecular formula is C29H26F2N2O2. The zero-order valence-electron chi connectivity index (χ0n) is 19.4. The van der Waals surface area contributed by atoms with Crippen molar-refractivity contribution >= 4 is 17.1 Å². The summed E-state index contributed by atoms with van der Waals surface area (Å²) in [4.78, 5) is 27.1. The second-order valence-corrected chi connectivity index (χ2v) is 9.30. The van der Waals surface area contributed by atoms with Crippen molar-refractivity contribution in [2.24, 2.45) is 5.92 Å². The van der Waals surface area contributed by atoms with Gasteiger partial charge in [-0.25, -0.2) is 8.78 Å². The molecule has 1 N–H and O–H groups in total. The van der Waals surface area contributed by atoms with Crippen molar-refractivity contribution in [2.45, 2.75) is 25.7 Å². The first-order chi connectivity index (χ1) is 16.9. The van der Waals surface area contributed by atoms with Gasteiger partial charge >= 0.3 is 0 Å². The molecule has 0 aromatic heterocycles. The Balaban J connectivity index is 1.45. The number of hydrogen-bond acceptors (Lipinski definition) is 4. The first-order valence-corrected chi connectivity index (χ1v) is 11.8. The number of anilines is 3. The third kappa shape index (κ3) is 4.61. The number of aryl methyl sites for hydroxylation is 1. The summed E-state index contributed by atoms with van der Waals surface area (Å²) in [5.74, 6) is -0.629.